The molecule has 29 heavy (non-hydrogen) atoms. The lowest BCUT2D eigenvalue weighted by Crippen LogP contribution is -2.39. The van der Waals surface area contributed by atoms with Gasteiger partial charge in [-0.05, 0) is 61.8 Å². The molecular formula is C22H39IN4O2. The Hall–Kier alpha value is -1.22. The van der Waals surface area contributed by atoms with Gasteiger partial charge >= 0.3 is 0 Å². The van der Waals surface area contributed by atoms with E-state index in [2.05, 4.69) is 29.1 Å². The van der Waals surface area contributed by atoms with Gasteiger partial charge in [-0.15, -0.1) is 24.0 Å². The van der Waals surface area contributed by atoms with Gasteiger partial charge in [-0.3, -0.25) is 4.99 Å². The van der Waals surface area contributed by atoms with Crippen molar-refractivity contribution in [3.05, 3.63) is 23.8 Å². The number of nitrogens with one attached hydrogen (secondary N) is 1. The third kappa shape index (κ3) is 9.42. The van der Waals surface area contributed by atoms with Crippen LogP contribution in [0.1, 0.15) is 38.7 Å². The monoisotopic (exact) mass is 518 g/mol. The van der Waals surface area contributed by atoms with Crippen LogP contribution in [-0.4, -0.2) is 57.8 Å². The number of aliphatic imine (C=N–C) groups is 1. The highest BCUT2D eigenvalue weighted by molar-refractivity contribution is 14.0. The maximum Gasteiger partial charge on any atom is 0.188 e. The first kappa shape index (κ1) is 25.8. The predicted octanol–water partition coefficient (Wildman–Crippen LogP) is 3.53. The van der Waals surface area contributed by atoms with Gasteiger partial charge in [0.15, 0.2) is 17.5 Å². The molecular weight excluding hydrogens is 479 g/mol. The summed E-state index contributed by atoms with van der Waals surface area (Å²) in [6.45, 7) is 9.92. The molecule has 2 atom stereocenters. The molecule has 6 nitrogen and oxygen atoms in total. The van der Waals surface area contributed by atoms with Crippen LogP contribution < -0.4 is 20.5 Å². The van der Waals surface area contributed by atoms with E-state index in [4.69, 9.17) is 15.2 Å². The van der Waals surface area contributed by atoms with Crippen molar-refractivity contribution in [1.82, 2.24) is 10.2 Å². The Morgan fingerprint density at radius 1 is 1.14 bits per heavy atom. The summed E-state index contributed by atoms with van der Waals surface area (Å²) >= 11 is 0. The molecule has 1 aliphatic rings. The number of nitrogens with zero attached hydrogens (tertiary/aromatic N) is 2. The highest BCUT2D eigenvalue weighted by Gasteiger charge is 2.20. The van der Waals surface area contributed by atoms with Crippen LogP contribution in [0, 0.1) is 11.8 Å². The lowest BCUT2D eigenvalue weighted by Gasteiger charge is -2.34. The Morgan fingerprint density at radius 3 is 2.48 bits per heavy atom. The SMILES string of the molecule is COc1ccc(CCNC(N)=NCCCCN2CC(C)CC(C)C2)cc1OC.I. The second-order valence-corrected chi connectivity index (χ2v) is 8.05. The zero-order valence-corrected chi connectivity index (χ0v) is 20.8. The average Bonchev–Trinajstić information content (AvgIpc) is 2.66. The Labute approximate surface area is 193 Å². The van der Waals surface area contributed by atoms with Gasteiger partial charge in [-0.1, -0.05) is 19.9 Å². The third-order valence-electron chi connectivity index (χ3n) is 5.28. The first-order valence-electron chi connectivity index (χ1n) is 10.5. The van der Waals surface area contributed by atoms with Crippen molar-refractivity contribution in [3.8, 4) is 11.5 Å². The molecule has 7 heteroatoms. The van der Waals surface area contributed by atoms with E-state index in [1.54, 1.807) is 14.2 Å². The molecule has 3 N–H and O–H groups in total. The molecule has 0 aromatic heterocycles. The van der Waals surface area contributed by atoms with Crippen LogP contribution >= 0.6 is 24.0 Å². The highest BCUT2D eigenvalue weighted by atomic mass is 127. The number of halogens is 1. The molecule has 1 heterocycles. The molecule has 1 aliphatic heterocycles. The van der Waals surface area contributed by atoms with Gasteiger partial charge in [0.1, 0.15) is 0 Å². The minimum Gasteiger partial charge on any atom is -0.493 e. The van der Waals surface area contributed by atoms with Crippen molar-refractivity contribution in [2.24, 2.45) is 22.6 Å². The average molecular weight is 518 g/mol. The van der Waals surface area contributed by atoms with Crippen LogP contribution in [0.2, 0.25) is 0 Å². The summed E-state index contributed by atoms with van der Waals surface area (Å²) in [6.07, 6.45) is 4.48. The fourth-order valence-electron chi connectivity index (χ4n) is 4.05. The van der Waals surface area contributed by atoms with E-state index < -0.39 is 0 Å². The van der Waals surface area contributed by atoms with Gasteiger partial charge in [-0.2, -0.15) is 0 Å². The van der Waals surface area contributed by atoms with Gasteiger partial charge in [0.2, 0.25) is 0 Å². The summed E-state index contributed by atoms with van der Waals surface area (Å²) in [5.74, 6) is 3.67. The van der Waals surface area contributed by atoms with Crippen LogP contribution in [0.25, 0.3) is 0 Å². The van der Waals surface area contributed by atoms with Crippen LogP contribution in [0.15, 0.2) is 23.2 Å². The minimum absolute atomic E-state index is 0. The summed E-state index contributed by atoms with van der Waals surface area (Å²) in [5.41, 5.74) is 7.15. The van der Waals surface area contributed by atoms with Gasteiger partial charge in [-0.25, -0.2) is 0 Å². The number of guanidine groups is 1. The van der Waals surface area contributed by atoms with E-state index in [0.29, 0.717) is 5.96 Å². The quantitative estimate of drug-likeness (QED) is 0.215. The summed E-state index contributed by atoms with van der Waals surface area (Å²) in [6, 6.07) is 5.96. The lowest BCUT2D eigenvalue weighted by atomic mass is 9.92. The first-order valence-corrected chi connectivity index (χ1v) is 10.5. The molecule has 0 radical (unpaired) electrons. The topological polar surface area (TPSA) is 72.1 Å². The normalized spacial score (nSPS) is 20.1. The van der Waals surface area contributed by atoms with Crippen LogP contribution in [0.5, 0.6) is 11.5 Å². The lowest BCUT2D eigenvalue weighted by molar-refractivity contribution is 0.139. The maximum atomic E-state index is 5.98. The van der Waals surface area contributed by atoms with Crippen molar-refractivity contribution < 1.29 is 9.47 Å². The van der Waals surface area contributed by atoms with E-state index in [1.165, 1.54) is 38.0 Å². The molecule has 0 spiro atoms. The zero-order chi connectivity index (χ0) is 20.4. The van der Waals surface area contributed by atoms with E-state index in [9.17, 15) is 0 Å². The fraction of sp³-hybridized carbons (Fsp3) is 0.682. The molecule has 1 saturated heterocycles. The Morgan fingerprint density at radius 2 is 1.83 bits per heavy atom. The predicted molar refractivity (Wildman–Crippen MR) is 132 cm³/mol. The third-order valence-corrected chi connectivity index (χ3v) is 5.28. The largest absolute Gasteiger partial charge is 0.493 e. The number of hydrogen-bond acceptors (Lipinski definition) is 4. The van der Waals surface area contributed by atoms with E-state index >= 15 is 0 Å². The van der Waals surface area contributed by atoms with E-state index in [1.807, 2.05) is 18.2 Å². The Bertz CT molecular complexity index is 617. The number of ether oxygens (including phenoxy) is 2. The van der Waals surface area contributed by atoms with Crippen molar-refractivity contribution in [1.29, 1.82) is 0 Å². The van der Waals surface area contributed by atoms with Gasteiger partial charge < -0.3 is 25.4 Å². The number of nitrogens with two attached hydrogens (primary N) is 1. The van der Waals surface area contributed by atoms with Crippen molar-refractivity contribution in [3.63, 3.8) is 0 Å². The number of benzene rings is 1. The molecule has 166 valence electrons. The molecule has 0 bridgehead atoms. The summed E-state index contributed by atoms with van der Waals surface area (Å²) < 4.78 is 10.6. The Balaban J connectivity index is 0.00000420. The molecule has 2 rings (SSSR count). The summed E-state index contributed by atoms with van der Waals surface area (Å²) in [7, 11) is 3.29. The van der Waals surface area contributed by atoms with Crippen LogP contribution in [-0.2, 0) is 6.42 Å². The number of piperidine rings is 1. The molecule has 1 aromatic rings. The second-order valence-electron chi connectivity index (χ2n) is 8.05. The van der Waals surface area contributed by atoms with E-state index in [0.717, 1.165) is 49.3 Å². The highest BCUT2D eigenvalue weighted by Crippen LogP contribution is 2.27. The van der Waals surface area contributed by atoms with Gasteiger partial charge in [0.25, 0.3) is 0 Å². The second kappa shape index (κ2) is 13.9. The standard InChI is InChI=1S/C22H38N4O2.HI/c1-17-13-18(2)16-26(15-17)12-6-5-10-24-22(23)25-11-9-19-7-8-20(27-3)21(14-19)28-4;/h7-8,14,17-18H,5-6,9-13,15-16H2,1-4H3,(H3,23,24,25);1H. The summed E-state index contributed by atoms with van der Waals surface area (Å²) in [4.78, 5) is 7.05. The molecule has 0 amide bonds. The van der Waals surface area contributed by atoms with Crippen molar-refractivity contribution >= 4 is 29.9 Å². The fourth-order valence-corrected chi connectivity index (χ4v) is 4.05. The number of likely N-dealkylation sites (tertiary alicyclic amines) is 1. The number of hydrogen-bond donors (Lipinski definition) is 2. The number of unbranched alkanes of at least 4 members (excludes halogenated alkanes) is 1. The smallest absolute Gasteiger partial charge is 0.188 e. The van der Waals surface area contributed by atoms with Crippen molar-refractivity contribution in [2.75, 3.05) is 46.9 Å². The Kier molecular flexibility index (Phi) is 12.4. The maximum absolute atomic E-state index is 5.98. The first-order chi connectivity index (χ1) is 13.5. The summed E-state index contributed by atoms with van der Waals surface area (Å²) in [5, 5.41) is 3.19. The molecule has 2 unspecified atom stereocenters. The molecule has 1 aromatic carbocycles. The molecule has 0 aliphatic carbocycles. The zero-order valence-electron chi connectivity index (χ0n) is 18.4. The van der Waals surface area contributed by atoms with Crippen LogP contribution in [0.4, 0.5) is 0 Å². The van der Waals surface area contributed by atoms with Crippen LogP contribution in [0.3, 0.4) is 0 Å². The minimum atomic E-state index is 0. The van der Waals surface area contributed by atoms with Crippen molar-refractivity contribution in [2.45, 2.75) is 39.5 Å². The molecule has 1 fully saturated rings. The number of rotatable bonds is 10. The number of methoxy groups -OCH3 is 2. The van der Waals surface area contributed by atoms with Gasteiger partial charge in [0.05, 0.1) is 14.2 Å². The van der Waals surface area contributed by atoms with Gasteiger partial charge in [0, 0.05) is 26.2 Å². The van der Waals surface area contributed by atoms with E-state index in [-0.39, 0.29) is 24.0 Å². The molecule has 0 saturated carbocycles.